The van der Waals surface area contributed by atoms with E-state index in [-0.39, 0.29) is 0 Å². The molecule has 2 aromatic rings. The third kappa shape index (κ3) is 1.33. The molecule has 1 radical (unpaired) electrons. The van der Waals surface area contributed by atoms with Gasteiger partial charge in [0.15, 0.2) is 0 Å². The summed E-state index contributed by atoms with van der Waals surface area (Å²) in [4.78, 5) is 10.3. The Morgan fingerprint density at radius 2 is 2.15 bits per heavy atom. The summed E-state index contributed by atoms with van der Waals surface area (Å²) < 4.78 is 0. The molecule has 3 heteroatoms. The molecule has 0 aliphatic carbocycles. The minimum absolute atomic E-state index is 0.862. The van der Waals surface area contributed by atoms with Gasteiger partial charge in [0, 0.05) is 25.5 Å². The molecular formula is C10H10N3. The zero-order valence-electron chi connectivity index (χ0n) is 7.65. The fraction of sp³-hybridized carbons (Fsp3) is 0.200. The average Bonchev–Trinajstić information content (AvgIpc) is 2.17. The molecule has 1 heterocycles. The number of hydrogen-bond acceptors (Lipinski definition) is 3. The first-order chi connectivity index (χ1) is 6.29. The molecule has 0 N–H and O–H groups in total. The van der Waals surface area contributed by atoms with Crippen molar-refractivity contribution < 1.29 is 0 Å². The van der Waals surface area contributed by atoms with Crippen molar-refractivity contribution in [3.05, 3.63) is 30.6 Å². The highest BCUT2D eigenvalue weighted by atomic mass is 15.1. The molecular weight excluding hydrogens is 162 g/mol. The minimum atomic E-state index is 0.862. The molecule has 0 fully saturated rings. The minimum Gasteiger partial charge on any atom is -0.362 e. The van der Waals surface area contributed by atoms with Gasteiger partial charge in [-0.05, 0) is 6.07 Å². The molecule has 0 atom stereocenters. The summed E-state index contributed by atoms with van der Waals surface area (Å²) in [6.07, 6.45) is 1.56. The van der Waals surface area contributed by atoms with Gasteiger partial charge in [-0.15, -0.1) is 0 Å². The van der Waals surface area contributed by atoms with E-state index in [1.807, 2.05) is 37.2 Å². The Labute approximate surface area is 77.0 Å². The van der Waals surface area contributed by atoms with Crippen LogP contribution in [0, 0.1) is 6.07 Å². The summed E-state index contributed by atoms with van der Waals surface area (Å²) in [5.74, 6) is 0.932. The van der Waals surface area contributed by atoms with Crippen LogP contribution in [0.4, 0.5) is 5.82 Å². The lowest BCUT2D eigenvalue weighted by Gasteiger charge is -2.12. The van der Waals surface area contributed by atoms with Crippen LogP contribution in [0.5, 0.6) is 0 Å². The second-order valence-corrected chi connectivity index (χ2v) is 3.02. The summed E-state index contributed by atoms with van der Waals surface area (Å²) in [6.45, 7) is 0. The van der Waals surface area contributed by atoms with Gasteiger partial charge in [0.2, 0.25) is 0 Å². The van der Waals surface area contributed by atoms with Crippen molar-refractivity contribution in [2.75, 3.05) is 19.0 Å². The van der Waals surface area contributed by atoms with Crippen molar-refractivity contribution in [1.29, 1.82) is 0 Å². The third-order valence-electron chi connectivity index (χ3n) is 1.87. The van der Waals surface area contributed by atoms with Gasteiger partial charge in [-0.1, -0.05) is 12.1 Å². The van der Waals surface area contributed by atoms with Crippen LogP contribution in [-0.2, 0) is 0 Å². The number of para-hydroxylation sites is 1. The van der Waals surface area contributed by atoms with Crippen LogP contribution in [0.2, 0.25) is 0 Å². The first-order valence-corrected chi connectivity index (χ1v) is 4.08. The molecule has 65 valence electrons. The van der Waals surface area contributed by atoms with Crippen molar-refractivity contribution in [3.8, 4) is 0 Å². The highest BCUT2D eigenvalue weighted by molar-refractivity contribution is 5.88. The van der Waals surface area contributed by atoms with E-state index in [9.17, 15) is 0 Å². The average molecular weight is 172 g/mol. The van der Waals surface area contributed by atoms with Gasteiger partial charge >= 0.3 is 0 Å². The molecule has 0 unspecified atom stereocenters. The molecule has 0 aliphatic rings. The van der Waals surface area contributed by atoms with Crippen LogP contribution >= 0.6 is 0 Å². The summed E-state index contributed by atoms with van der Waals surface area (Å²) in [5, 5.41) is 1.04. The molecule has 2 rings (SSSR count). The smallest absolute Gasteiger partial charge is 0.139 e. The number of hydrogen-bond donors (Lipinski definition) is 0. The van der Waals surface area contributed by atoms with Crippen LogP contribution in [0.25, 0.3) is 10.9 Å². The predicted octanol–water partition coefficient (Wildman–Crippen LogP) is 1.50. The number of fused-ring (bicyclic) bond motifs is 1. The summed E-state index contributed by atoms with van der Waals surface area (Å²) in [7, 11) is 3.93. The summed E-state index contributed by atoms with van der Waals surface area (Å²) in [5.41, 5.74) is 0.862. The Bertz CT molecular complexity index is 418. The topological polar surface area (TPSA) is 29.0 Å². The van der Waals surface area contributed by atoms with E-state index < -0.39 is 0 Å². The van der Waals surface area contributed by atoms with Crippen molar-refractivity contribution in [1.82, 2.24) is 9.97 Å². The highest BCUT2D eigenvalue weighted by Crippen LogP contribution is 2.19. The Balaban J connectivity index is 2.76. The maximum atomic E-state index is 4.20. The van der Waals surface area contributed by atoms with E-state index in [0.29, 0.717) is 0 Å². The van der Waals surface area contributed by atoms with Crippen LogP contribution in [0.15, 0.2) is 24.5 Å². The zero-order chi connectivity index (χ0) is 9.26. The first kappa shape index (κ1) is 7.98. The normalized spacial score (nSPS) is 10.3. The molecule has 13 heavy (non-hydrogen) atoms. The third-order valence-corrected chi connectivity index (χ3v) is 1.87. The lowest BCUT2D eigenvalue weighted by atomic mass is 10.2. The van der Waals surface area contributed by atoms with Crippen LogP contribution < -0.4 is 4.90 Å². The van der Waals surface area contributed by atoms with Gasteiger partial charge in [0.25, 0.3) is 0 Å². The van der Waals surface area contributed by atoms with Crippen molar-refractivity contribution in [3.63, 3.8) is 0 Å². The summed E-state index contributed by atoms with van der Waals surface area (Å²) in [6, 6.07) is 8.87. The Morgan fingerprint density at radius 3 is 2.92 bits per heavy atom. The number of nitrogens with zero attached hydrogens (tertiary/aromatic N) is 3. The van der Waals surface area contributed by atoms with E-state index in [1.165, 1.54) is 0 Å². The Morgan fingerprint density at radius 1 is 1.31 bits per heavy atom. The maximum absolute atomic E-state index is 4.20. The second-order valence-electron chi connectivity index (χ2n) is 3.02. The predicted molar refractivity (Wildman–Crippen MR) is 52.7 cm³/mol. The maximum Gasteiger partial charge on any atom is 0.139 e. The molecule has 0 aliphatic heterocycles. The van der Waals surface area contributed by atoms with Gasteiger partial charge < -0.3 is 4.90 Å². The molecule has 0 bridgehead atoms. The standard InChI is InChI=1S/C10H10N3/c1-13(2)10-8-5-3-4-6-9(8)11-7-12-10/h3-5,7H,1-2H3. The van der Waals surface area contributed by atoms with Crippen molar-refractivity contribution in [2.24, 2.45) is 0 Å². The van der Waals surface area contributed by atoms with Gasteiger partial charge in [0.1, 0.15) is 12.1 Å². The number of benzene rings is 1. The molecule has 3 nitrogen and oxygen atoms in total. The summed E-state index contributed by atoms with van der Waals surface area (Å²) >= 11 is 0. The molecule has 0 saturated heterocycles. The van der Waals surface area contributed by atoms with Crippen molar-refractivity contribution >= 4 is 16.7 Å². The molecule has 1 aromatic carbocycles. The van der Waals surface area contributed by atoms with E-state index in [2.05, 4.69) is 16.0 Å². The molecule has 1 aromatic heterocycles. The Kier molecular flexibility index (Phi) is 1.85. The molecule has 0 saturated carbocycles. The SMILES string of the molecule is CN(C)c1ncnc2[c]cccc12. The fourth-order valence-corrected chi connectivity index (χ4v) is 1.28. The molecule has 0 amide bonds. The van der Waals surface area contributed by atoms with E-state index in [4.69, 9.17) is 0 Å². The van der Waals surface area contributed by atoms with Gasteiger partial charge in [0.05, 0.1) is 5.52 Å². The fourth-order valence-electron chi connectivity index (χ4n) is 1.28. The number of anilines is 1. The van der Waals surface area contributed by atoms with E-state index in [1.54, 1.807) is 6.33 Å². The zero-order valence-corrected chi connectivity index (χ0v) is 7.65. The quantitative estimate of drug-likeness (QED) is 0.652. The van der Waals surface area contributed by atoms with Gasteiger partial charge in [-0.25, -0.2) is 9.97 Å². The van der Waals surface area contributed by atoms with Crippen molar-refractivity contribution in [2.45, 2.75) is 0 Å². The van der Waals surface area contributed by atoms with Crippen LogP contribution in [-0.4, -0.2) is 24.1 Å². The monoisotopic (exact) mass is 172 g/mol. The lowest BCUT2D eigenvalue weighted by Crippen LogP contribution is -2.11. The first-order valence-electron chi connectivity index (χ1n) is 4.08. The second kappa shape index (κ2) is 3.01. The Hall–Kier alpha value is -1.64. The van der Waals surface area contributed by atoms with Gasteiger partial charge in [-0.3, -0.25) is 0 Å². The highest BCUT2D eigenvalue weighted by Gasteiger charge is 2.03. The van der Waals surface area contributed by atoms with Gasteiger partial charge in [-0.2, -0.15) is 0 Å². The van der Waals surface area contributed by atoms with Crippen LogP contribution in [0.1, 0.15) is 0 Å². The number of rotatable bonds is 1. The van der Waals surface area contributed by atoms with E-state index in [0.717, 1.165) is 16.7 Å². The lowest BCUT2D eigenvalue weighted by molar-refractivity contribution is 1.06. The molecule has 0 spiro atoms. The number of aromatic nitrogens is 2. The largest absolute Gasteiger partial charge is 0.362 e. The van der Waals surface area contributed by atoms with E-state index >= 15 is 0 Å². The van der Waals surface area contributed by atoms with Crippen LogP contribution in [0.3, 0.4) is 0 Å².